The number of rotatable bonds is 2. The fraction of sp³-hybridized carbons (Fsp3) is 0.889. The number of carbonyl (C=O) groups excluding carboxylic acids is 3. The highest BCUT2D eigenvalue weighted by atomic mass is 16.7. The summed E-state index contributed by atoms with van der Waals surface area (Å²) in [7, 11) is 0. The van der Waals surface area contributed by atoms with E-state index in [1.54, 1.807) is 0 Å². The highest BCUT2D eigenvalue weighted by Gasteiger charge is 2.59. The number of fused-ring (bicyclic) bond motifs is 5. The molecule has 5 aliphatic rings. The van der Waals surface area contributed by atoms with Gasteiger partial charge in [0.25, 0.3) is 0 Å². The Kier molecular flexibility index (Phi) is 10.1. The summed E-state index contributed by atoms with van der Waals surface area (Å²) in [6.45, 7) is -0.794. The number of hydrogen-bond donors (Lipinski definition) is 11. The van der Waals surface area contributed by atoms with Gasteiger partial charge in [-0.25, -0.2) is 0 Å². The van der Waals surface area contributed by atoms with E-state index in [9.17, 15) is 70.6 Å². The van der Waals surface area contributed by atoms with Gasteiger partial charge in [-0.3, -0.25) is 14.4 Å². The third-order valence-electron chi connectivity index (χ3n) is 9.94. The number of ether oxygens (including phenoxy) is 4. The average molecular weight is 653 g/mol. The molecule has 18 nitrogen and oxygen atoms in total. The number of aliphatic hydroxyl groups is 11. The molecule has 0 spiro atoms. The third-order valence-corrected chi connectivity index (χ3v) is 9.94. The van der Waals surface area contributed by atoms with Crippen LogP contribution in [0.4, 0.5) is 0 Å². The van der Waals surface area contributed by atoms with E-state index in [4.69, 9.17) is 18.9 Å². The Morgan fingerprint density at radius 2 is 1.09 bits per heavy atom. The SMILES string of the molecule is O=C(O[C@@H]1O[C@H]2COC(=O)C3CC(O)C(O)C(O)C3C3C(CC(O)C(O)C3O)C(=O)O[C@@H]([C@H]1O)[C@@H]2O)C1CC(O)C(O)C(O)C1. The Labute approximate surface area is 255 Å². The standard InChI is InChI=1S/C27H40O18/c28-9-1-6(2-10(29)16(9)32)24(39)45-27-22(38)23-19(35)13(43-27)5-42-25(40)7-3-11(30)17(33)20(36)14(7)15-8(26(41)44-23)4-12(31)18(34)21(15)37/h6-23,27-38H,1-5H2/t6?,7?,8?,9?,10?,11?,12?,13-,14?,15?,16?,17?,18?,19+,20?,21?,22+,23+,27-/m0/s1. The first-order valence-corrected chi connectivity index (χ1v) is 14.8. The summed E-state index contributed by atoms with van der Waals surface area (Å²) in [5.74, 6) is -10.8. The lowest BCUT2D eigenvalue weighted by Gasteiger charge is -2.50. The van der Waals surface area contributed by atoms with E-state index in [0.717, 1.165) is 0 Å². The smallest absolute Gasteiger partial charge is 0.311 e. The van der Waals surface area contributed by atoms with Crippen LogP contribution >= 0.6 is 0 Å². The summed E-state index contributed by atoms with van der Waals surface area (Å²) in [5, 5.41) is 115. The molecule has 12 unspecified atom stereocenters. The molecule has 0 aromatic rings. The molecule has 3 aliphatic carbocycles. The van der Waals surface area contributed by atoms with Gasteiger partial charge < -0.3 is 75.1 Å². The van der Waals surface area contributed by atoms with Gasteiger partial charge in [-0.15, -0.1) is 0 Å². The third kappa shape index (κ3) is 6.31. The molecule has 0 aromatic heterocycles. The van der Waals surface area contributed by atoms with E-state index in [2.05, 4.69) is 0 Å². The van der Waals surface area contributed by atoms with Gasteiger partial charge in [0.15, 0.2) is 12.2 Å². The Morgan fingerprint density at radius 1 is 0.600 bits per heavy atom. The molecule has 0 aromatic carbocycles. The van der Waals surface area contributed by atoms with Gasteiger partial charge in [0.1, 0.15) is 37.1 Å². The van der Waals surface area contributed by atoms with Gasteiger partial charge in [-0.1, -0.05) is 0 Å². The van der Waals surface area contributed by atoms with Crippen molar-refractivity contribution in [2.75, 3.05) is 6.61 Å². The van der Waals surface area contributed by atoms with Gasteiger partial charge in [0, 0.05) is 11.8 Å². The molecule has 3 saturated carbocycles. The van der Waals surface area contributed by atoms with Gasteiger partial charge in [-0.05, 0) is 25.7 Å². The lowest BCUT2D eigenvalue weighted by atomic mass is 9.59. The van der Waals surface area contributed by atoms with Crippen molar-refractivity contribution >= 4 is 17.9 Å². The van der Waals surface area contributed by atoms with E-state index < -0.39 is 153 Å². The van der Waals surface area contributed by atoms with Gasteiger partial charge >= 0.3 is 17.9 Å². The molecule has 256 valence electrons. The van der Waals surface area contributed by atoms with Crippen molar-refractivity contribution < 1.29 is 89.5 Å². The Balaban J connectivity index is 1.45. The summed E-state index contributed by atoms with van der Waals surface area (Å²) in [5.41, 5.74) is 0. The summed E-state index contributed by atoms with van der Waals surface area (Å²) in [6, 6.07) is 0. The zero-order chi connectivity index (χ0) is 33.1. The number of esters is 3. The topological polar surface area (TPSA) is 311 Å². The zero-order valence-corrected chi connectivity index (χ0v) is 23.8. The van der Waals surface area contributed by atoms with E-state index in [-0.39, 0.29) is 12.8 Å². The van der Waals surface area contributed by atoms with Crippen LogP contribution in [0, 0.1) is 29.6 Å². The van der Waals surface area contributed by atoms with Gasteiger partial charge in [-0.2, -0.15) is 0 Å². The molecule has 0 radical (unpaired) electrons. The molecule has 0 amide bonds. The zero-order valence-electron chi connectivity index (χ0n) is 23.8. The van der Waals surface area contributed by atoms with E-state index >= 15 is 0 Å². The Morgan fingerprint density at radius 3 is 1.62 bits per heavy atom. The average Bonchev–Trinajstić information content (AvgIpc) is 2.99. The predicted molar refractivity (Wildman–Crippen MR) is 138 cm³/mol. The largest absolute Gasteiger partial charge is 0.463 e. The second-order valence-electron chi connectivity index (χ2n) is 12.7. The monoisotopic (exact) mass is 652 g/mol. The Bertz CT molecular complexity index is 1090. The van der Waals surface area contributed by atoms with Gasteiger partial charge in [0.2, 0.25) is 6.29 Å². The molecule has 5 rings (SSSR count). The van der Waals surface area contributed by atoms with Crippen molar-refractivity contribution in [1.29, 1.82) is 0 Å². The van der Waals surface area contributed by atoms with Crippen LogP contribution in [0.5, 0.6) is 0 Å². The number of carbonyl (C=O) groups is 3. The summed E-state index contributed by atoms with van der Waals surface area (Å²) < 4.78 is 21.6. The fourth-order valence-electron chi connectivity index (χ4n) is 7.39. The van der Waals surface area contributed by atoms with Crippen molar-refractivity contribution in [2.45, 2.75) is 111 Å². The van der Waals surface area contributed by atoms with E-state index in [1.807, 2.05) is 0 Å². The van der Waals surface area contributed by atoms with Crippen LogP contribution < -0.4 is 0 Å². The highest BCUT2D eigenvalue weighted by molar-refractivity contribution is 5.76. The van der Waals surface area contributed by atoms with Crippen LogP contribution in [0.15, 0.2) is 0 Å². The van der Waals surface area contributed by atoms with Crippen LogP contribution in [-0.4, -0.2) is 166 Å². The lowest BCUT2D eigenvalue weighted by molar-refractivity contribution is -0.301. The van der Waals surface area contributed by atoms with Crippen molar-refractivity contribution in [3.8, 4) is 0 Å². The first-order valence-electron chi connectivity index (χ1n) is 14.8. The second kappa shape index (κ2) is 13.2. The molecule has 2 saturated heterocycles. The second-order valence-corrected chi connectivity index (χ2v) is 12.7. The minimum atomic E-state index is -2.07. The minimum absolute atomic E-state index is 0.309. The molecular weight excluding hydrogens is 612 g/mol. The van der Waals surface area contributed by atoms with E-state index in [0.29, 0.717) is 0 Å². The van der Waals surface area contributed by atoms with Crippen LogP contribution in [0.3, 0.4) is 0 Å². The summed E-state index contributed by atoms with van der Waals surface area (Å²) in [6.07, 6.45) is -26.5. The molecule has 11 N–H and O–H groups in total. The summed E-state index contributed by atoms with van der Waals surface area (Å²) >= 11 is 0. The maximum absolute atomic E-state index is 13.7. The molecule has 2 bridgehead atoms. The maximum Gasteiger partial charge on any atom is 0.311 e. The molecule has 2 heterocycles. The van der Waals surface area contributed by atoms with Crippen molar-refractivity contribution in [3.63, 3.8) is 0 Å². The molecule has 45 heavy (non-hydrogen) atoms. The Hall–Kier alpha value is -2.07. The number of cyclic esters (lactones) is 1. The first kappa shape index (κ1) is 34.3. The molecule has 17 atom stereocenters. The van der Waals surface area contributed by atoms with Crippen LogP contribution in [0.2, 0.25) is 0 Å². The van der Waals surface area contributed by atoms with Crippen molar-refractivity contribution in [3.05, 3.63) is 0 Å². The summed E-state index contributed by atoms with van der Waals surface area (Å²) in [4.78, 5) is 40.0. The maximum atomic E-state index is 13.7. The molecule has 5 fully saturated rings. The van der Waals surface area contributed by atoms with Crippen molar-refractivity contribution in [1.82, 2.24) is 0 Å². The van der Waals surface area contributed by atoms with E-state index in [1.165, 1.54) is 0 Å². The number of hydrogen-bond acceptors (Lipinski definition) is 18. The first-order chi connectivity index (χ1) is 21.1. The number of aliphatic hydroxyl groups excluding tert-OH is 11. The van der Waals surface area contributed by atoms with Crippen LogP contribution in [0.1, 0.15) is 25.7 Å². The molecule has 2 aliphatic heterocycles. The molecule has 18 heteroatoms. The van der Waals surface area contributed by atoms with Crippen LogP contribution in [-0.2, 0) is 33.3 Å². The van der Waals surface area contributed by atoms with Crippen LogP contribution in [0.25, 0.3) is 0 Å². The predicted octanol–water partition coefficient (Wildman–Crippen LogP) is -6.62. The quantitative estimate of drug-likeness (QED) is 0.0975. The highest BCUT2D eigenvalue weighted by Crippen LogP contribution is 2.46. The normalized spacial score (nSPS) is 52.6. The lowest BCUT2D eigenvalue weighted by Crippen LogP contribution is -2.65. The molecular formula is C27H40O18. The fourth-order valence-corrected chi connectivity index (χ4v) is 7.39. The van der Waals surface area contributed by atoms with Crippen molar-refractivity contribution in [2.24, 2.45) is 29.6 Å². The minimum Gasteiger partial charge on any atom is -0.463 e. The van der Waals surface area contributed by atoms with Gasteiger partial charge in [0.05, 0.1) is 54.4 Å².